The van der Waals surface area contributed by atoms with Gasteiger partial charge in [-0.3, -0.25) is 0 Å². The minimum Gasteiger partial charge on any atom is -0.489 e. The Balaban J connectivity index is 1.43. The smallest absolute Gasteiger partial charge is 0.204 e. The molecule has 1 aromatic heterocycles. The summed E-state index contributed by atoms with van der Waals surface area (Å²) in [5.41, 5.74) is 1.83. The summed E-state index contributed by atoms with van der Waals surface area (Å²) in [6, 6.07) is 13.9. The molecule has 6 heteroatoms. The molecule has 0 aliphatic heterocycles. The Labute approximate surface area is 171 Å². The van der Waals surface area contributed by atoms with Crippen LogP contribution in [0.25, 0.3) is 11.4 Å². The van der Waals surface area contributed by atoms with Crippen LogP contribution in [0.15, 0.2) is 48.5 Å². The number of hydrogen-bond acceptors (Lipinski definition) is 4. The standard InChI is InChI=1S/C23H29FN4O/c1-2-3-4-5-6-7-8-17-28-26-23(25-27-28)20-11-15-22(16-12-20)29-18-19-9-13-21(24)14-10-19/h9-16H,2-8,17-18H2,1H3. The van der Waals surface area contributed by atoms with Gasteiger partial charge >= 0.3 is 0 Å². The van der Waals surface area contributed by atoms with Gasteiger partial charge < -0.3 is 4.74 Å². The van der Waals surface area contributed by atoms with Crippen molar-refractivity contribution in [3.8, 4) is 17.1 Å². The Kier molecular flexibility index (Phi) is 8.16. The molecule has 0 aliphatic rings. The second kappa shape index (κ2) is 11.3. The lowest BCUT2D eigenvalue weighted by molar-refractivity contribution is 0.306. The molecule has 0 bridgehead atoms. The number of unbranched alkanes of at least 4 members (excludes halogenated alkanes) is 6. The molecule has 0 radical (unpaired) electrons. The zero-order valence-corrected chi connectivity index (χ0v) is 17.1. The van der Waals surface area contributed by atoms with E-state index in [1.165, 1.54) is 50.7 Å². The SMILES string of the molecule is CCCCCCCCCn1nnc(-c2ccc(OCc3ccc(F)cc3)cc2)n1. The Morgan fingerprint density at radius 1 is 0.862 bits per heavy atom. The van der Waals surface area contributed by atoms with Crippen molar-refractivity contribution in [2.45, 2.75) is 65.0 Å². The van der Waals surface area contributed by atoms with Gasteiger partial charge in [-0.15, -0.1) is 10.2 Å². The number of aryl methyl sites for hydroxylation is 1. The van der Waals surface area contributed by atoms with Gasteiger partial charge in [0, 0.05) is 5.56 Å². The van der Waals surface area contributed by atoms with Crippen molar-refractivity contribution < 1.29 is 9.13 Å². The van der Waals surface area contributed by atoms with Crippen LogP contribution in [0.4, 0.5) is 4.39 Å². The van der Waals surface area contributed by atoms with Gasteiger partial charge in [0.2, 0.25) is 5.82 Å². The van der Waals surface area contributed by atoms with Gasteiger partial charge in [0.1, 0.15) is 18.2 Å². The number of rotatable bonds is 12. The number of aromatic nitrogens is 4. The molecule has 0 atom stereocenters. The number of tetrazole rings is 1. The molecule has 0 spiro atoms. The molecular formula is C23H29FN4O. The van der Waals surface area contributed by atoms with E-state index in [0.29, 0.717) is 12.4 Å². The maximum absolute atomic E-state index is 12.9. The lowest BCUT2D eigenvalue weighted by Crippen LogP contribution is -2.02. The minimum absolute atomic E-state index is 0.245. The maximum Gasteiger partial charge on any atom is 0.204 e. The van der Waals surface area contributed by atoms with Crippen LogP contribution in [-0.4, -0.2) is 20.2 Å². The molecule has 2 aromatic carbocycles. The van der Waals surface area contributed by atoms with Crippen LogP contribution in [0.2, 0.25) is 0 Å². The highest BCUT2D eigenvalue weighted by Gasteiger charge is 2.06. The van der Waals surface area contributed by atoms with E-state index in [4.69, 9.17) is 4.74 Å². The van der Waals surface area contributed by atoms with Crippen LogP contribution in [0.3, 0.4) is 0 Å². The average Bonchev–Trinajstić information content (AvgIpc) is 3.22. The highest BCUT2D eigenvalue weighted by molar-refractivity contribution is 5.55. The van der Waals surface area contributed by atoms with Crippen LogP contribution in [-0.2, 0) is 13.2 Å². The topological polar surface area (TPSA) is 52.8 Å². The molecule has 154 valence electrons. The second-order valence-corrected chi connectivity index (χ2v) is 7.27. The van der Waals surface area contributed by atoms with E-state index in [1.807, 2.05) is 24.3 Å². The van der Waals surface area contributed by atoms with E-state index in [0.717, 1.165) is 29.8 Å². The van der Waals surface area contributed by atoms with Crippen molar-refractivity contribution in [3.63, 3.8) is 0 Å². The fraction of sp³-hybridized carbons (Fsp3) is 0.435. The van der Waals surface area contributed by atoms with Gasteiger partial charge in [0.05, 0.1) is 6.54 Å². The van der Waals surface area contributed by atoms with Crippen LogP contribution < -0.4 is 4.74 Å². The molecule has 0 aliphatic carbocycles. The third-order valence-corrected chi connectivity index (χ3v) is 4.85. The first-order valence-electron chi connectivity index (χ1n) is 10.5. The van der Waals surface area contributed by atoms with Crippen molar-refractivity contribution in [1.29, 1.82) is 0 Å². The molecular weight excluding hydrogens is 367 g/mol. The van der Waals surface area contributed by atoms with E-state index in [2.05, 4.69) is 22.3 Å². The monoisotopic (exact) mass is 396 g/mol. The highest BCUT2D eigenvalue weighted by atomic mass is 19.1. The number of nitrogens with zero attached hydrogens (tertiary/aromatic N) is 4. The summed E-state index contributed by atoms with van der Waals surface area (Å²) in [7, 11) is 0. The number of hydrogen-bond donors (Lipinski definition) is 0. The summed E-state index contributed by atoms with van der Waals surface area (Å²) >= 11 is 0. The first-order chi connectivity index (χ1) is 14.2. The Bertz CT molecular complexity index is 846. The van der Waals surface area contributed by atoms with Gasteiger partial charge in [0.15, 0.2) is 0 Å². The zero-order valence-electron chi connectivity index (χ0n) is 17.1. The molecule has 0 saturated heterocycles. The van der Waals surface area contributed by atoms with Crippen molar-refractivity contribution >= 4 is 0 Å². The molecule has 3 rings (SSSR count). The van der Waals surface area contributed by atoms with Gasteiger partial charge in [-0.1, -0.05) is 57.6 Å². The zero-order chi connectivity index (χ0) is 20.3. The lowest BCUT2D eigenvalue weighted by atomic mass is 10.1. The third-order valence-electron chi connectivity index (χ3n) is 4.85. The maximum atomic E-state index is 12.9. The third kappa shape index (κ3) is 6.97. The first kappa shape index (κ1) is 21.0. The summed E-state index contributed by atoms with van der Waals surface area (Å²) in [5.74, 6) is 1.12. The normalized spacial score (nSPS) is 11.0. The highest BCUT2D eigenvalue weighted by Crippen LogP contribution is 2.20. The van der Waals surface area contributed by atoms with E-state index in [-0.39, 0.29) is 5.82 Å². The fourth-order valence-corrected chi connectivity index (χ4v) is 3.11. The molecule has 0 saturated carbocycles. The Hall–Kier alpha value is -2.76. The Morgan fingerprint density at radius 3 is 2.28 bits per heavy atom. The molecule has 0 unspecified atom stereocenters. The number of halogens is 1. The van der Waals surface area contributed by atoms with Gasteiger partial charge in [-0.25, -0.2) is 4.39 Å². The molecule has 3 aromatic rings. The van der Waals surface area contributed by atoms with Crippen LogP contribution in [0.1, 0.15) is 57.4 Å². The molecule has 29 heavy (non-hydrogen) atoms. The average molecular weight is 397 g/mol. The largest absolute Gasteiger partial charge is 0.489 e. The number of benzene rings is 2. The van der Waals surface area contributed by atoms with Crippen molar-refractivity contribution in [2.75, 3.05) is 0 Å². The molecule has 5 nitrogen and oxygen atoms in total. The van der Waals surface area contributed by atoms with E-state index < -0.39 is 0 Å². The summed E-state index contributed by atoms with van der Waals surface area (Å²) in [5, 5.41) is 12.8. The lowest BCUT2D eigenvalue weighted by Gasteiger charge is -2.06. The Morgan fingerprint density at radius 2 is 1.55 bits per heavy atom. The van der Waals surface area contributed by atoms with Gasteiger partial charge in [-0.2, -0.15) is 4.80 Å². The van der Waals surface area contributed by atoms with Crippen LogP contribution in [0.5, 0.6) is 5.75 Å². The quantitative estimate of drug-likeness (QED) is 0.363. The summed E-state index contributed by atoms with van der Waals surface area (Å²) in [4.78, 5) is 1.68. The van der Waals surface area contributed by atoms with Crippen molar-refractivity contribution in [1.82, 2.24) is 20.2 Å². The summed E-state index contributed by atoms with van der Waals surface area (Å²) < 4.78 is 18.7. The predicted molar refractivity (Wildman–Crippen MR) is 112 cm³/mol. The minimum atomic E-state index is -0.245. The van der Waals surface area contributed by atoms with Crippen molar-refractivity contribution in [2.24, 2.45) is 0 Å². The number of ether oxygens (including phenoxy) is 1. The summed E-state index contributed by atoms with van der Waals surface area (Å²) in [6.07, 6.45) is 8.85. The molecule has 0 amide bonds. The van der Waals surface area contributed by atoms with Crippen LogP contribution >= 0.6 is 0 Å². The molecule has 1 heterocycles. The first-order valence-corrected chi connectivity index (χ1v) is 10.5. The summed E-state index contributed by atoms with van der Waals surface area (Å²) in [6.45, 7) is 3.44. The van der Waals surface area contributed by atoms with Gasteiger partial charge in [0.25, 0.3) is 0 Å². The predicted octanol–water partition coefficient (Wildman–Crippen LogP) is 5.81. The van der Waals surface area contributed by atoms with Gasteiger partial charge in [-0.05, 0) is 53.6 Å². The fourth-order valence-electron chi connectivity index (χ4n) is 3.11. The molecule has 0 N–H and O–H groups in total. The van der Waals surface area contributed by atoms with E-state index in [1.54, 1.807) is 16.9 Å². The van der Waals surface area contributed by atoms with E-state index in [9.17, 15) is 4.39 Å². The second-order valence-electron chi connectivity index (χ2n) is 7.27. The van der Waals surface area contributed by atoms with E-state index >= 15 is 0 Å². The van der Waals surface area contributed by atoms with Crippen molar-refractivity contribution in [3.05, 3.63) is 59.9 Å². The molecule has 0 fully saturated rings. The van der Waals surface area contributed by atoms with Crippen LogP contribution in [0, 0.1) is 5.82 Å².